The van der Waals surface area contributed by atoms with Crippen molar-refractivity contribution in [3.05, 3.63) is 28.6 Å². The van der Waals surface area contributed by atoms with Crippen LogP contribution < -0.4 is 0 Å². The molecule has 0 bridgehead atoms. The first-order chi connectivity index (χ1) is 6.36. The third kappa shape index (κ3) is 1.09. The van der Waals surface area contributed by atoms with Crippen LogP contribution in [-0.4, -0.2) is 14.6 Å². The van der Waals surface area contributed by atoms with Crippen molar-refractivity contribution in [3.63, 3.8) is 0 Å². The van der Waals surface area contributed by atoms with E-state index in [1.807, 2.05) is 16.8 Å². The highest BCUT2D eigenvalue weighted by Crippen LogP contribution is 2.43. The van der Waals surface area contributed by atoms with Crippen LogP contribution in [0.4, 0.5) is 0 Å². The van der Waals surface area contributed by atoms with E-state index in [4.69, 9.17) is 0 Å². The molecule has 1 aliphatic carbocycles. The summed E-state index contributed by atoms with van der Waals surface area (Å²) in [7, 11) is 0. The molecule has 0 atom stereocenters. The number of nitrogens with zero attached hydrogens (tertiary/aromatic N) is 3. The van der Waals surface area contributed by atoms with Crippen molar-refractivity contribution in [2.75, 3.05) is 0 Å². The number of rotatable bonds is 1. The van der Waals surface area contributed by atoms with Crippen LogP contribution in [0.5, 0.6) is 0 Å². The summed E-state index contributed by atoms with van der Waals surface area (Å²) in [6.45, 7) is 0. The summed E-state index contributed by atoms with van der Waals surface area (Å²) in [6.07, 6.45) is 6.25. The van der Waals surface area contributed by atoms with E-state index >= 15 is 0 Å². The molecule has 2 aromatic rings. The first-order valence-corrected chi connectivity index (χ1v) is 5.14. The zero-order chi connectivity index (χ0) is 8.84. The number of fused-ring (bicyclic) bond motifs is 1. The highest BCUT2D eigenvalue weighted by Gasteiger charge is 2.29. The minimum absolute atomic E-state index is 0.663. The lowest BCUT2D eigenvalue weighted by molar-refractivity contribution is 0.880. The maximum Gasteiger partial charge on any atom is 0.169 e. The van der Waals surface area contributed by atoms with E-state index < -0.39 is 0 Å². The topological polar surface area (TPSA) is 30.2 Å². The van der Waals surface area contributed by atoms with Gasteiger partial charge in [0.15, 0.2) is 5.65 Å². The standard InChI is InChI=1S/C9H8BrN3/c10-7-8(6-2-3-6)12-13-5-1-4-11-9(7)13/h1,4-6H,2-3H2. The Bertz CT molecular complexity index is 459. The Hall–Kier alpha value is -0.900. The van der Waals surface area contributed by atoms with Gasteiger partial charge in [0.2, 0.25) is 0 Å². The minimum atomic E-state index is 0.663. The molecule has 2 aromatic heterocycles. The molecule has 0 radical (unpaired) electrons. The fourth-order valence-electron chi connectivity index (χ4n) is 1.49. The molecule has 0 unspecified atom stereocenters. The van der Waals surface area contributed by atoms with Gasteiger partial charge in [0.25, 0.3) is 0 Å². The van der Waals surface area contributed by atoms with Crippen molar-refractivity contribution in [3.8, 4) is 0 Å². The van der Waals surface area contributed by atoms with Crippen LogP contribution in [0.1, 0.15) is 24.5 Å². The van der Waals surface area contributed by atoms with Crippen molar-refractivity contribution >= 4 is 21.6 Å². The molecule has 0 spiro atoms. The fraction of sp³-hybridized carbons (Fsp3) is 0.333. The van der Waals surface area contributed by atoms with Gasteiger partial charge in [-0.2, -0.15) is 5.10 Å². The van der Waals surface area contributed by atoms with Crippen molar-refractivity contribution in [2.24, 2.45) is 0 Å². The van der Waals surface area contributed by atoms with Gasteiger partial charge in [0.1, 0.15) is 0 Å². The Morgan fingerprint density at radius 3 is 3.00 bits per heavy atom. The second kappa shape index (κ2) is 2.54. The summed E-state index contributed by atoms with van der Waals surface area (Å²) >= 11 is 3.55. The average molecular weight is 238 g/mol. The first kappa shape index (κ1) is 7.50. The van der Waals surface area contributed by atoms with Gasteiger partial charge in [-0.05, 0) is 34.8 Å². The summed E-state index contributed by atoms with van der Waals surface area (Å²) in [5.74, 6) is 0.663. The van der Waals surface area contributed by atoms with E-state index in [2.05, 4.69) is 26.0 Å². The zero-order valence-electron chi connectivity index (χ0n) is 6.94. The SMILES string of the molecule is Brc1c(C2CC2)nn2cccnc12. The number of aromatic nitrogens is 3. The molecule has 0 amide bonds. The quantitative estimate of drug-likeness (QED) is 0.763. The minimum Gasteiger partial charge on any atom is -0.236 e. The largest absolute Gasteiger partial charge is 0.236 e. The molecule has 1 aliphatic rings. The van der Waals surface area contributed by atoms with Gasteiger partial charge in [0, 0.05) is 18.3 Å². The molecule has 2 heterocycles. The monoisotopic (exact) mass is 237 g/mol. The molecule has 0 aromatic carbocycles. The smallest absolute Gasteiger partial charge is 0.169 e. The lowest BCUT2D eigenvalue weighted by atomic mass is 10.3. The maximum atomic E-state index is 4.48. The van der Waals surface area contributed by atoms with E-state index in [0.29, 0.717) is 5.92 Å². The summed E-state index contributed by atoms with van der Waals surface area (Å²) in [5, 5.41) is 4.48. The average Bonchev–Trinajstić information content (AvgIpc) is 2.94. The Balaban J connectivity index is 2.30. The Kier molecular flexibility index (Phi) is 1.47. The van der Waals surface area contributed by atoms with Crippen LogP contribution in [0.15, 0.2) is 22.9 Å². The van der Waals surface area contributed by atoms with Gasteiger partial charge in [0.05, 0.1) is 10.2 Å². The molecule has 1 saturated carbocycles. The number of hydrogen-bond donors (Lipinski definition) is 0. The van der Waals surface area contributed by atoms with Gasteiger partial charge >= 0.3 is 0 Å². The van der Waals surface area contributed by atoms with Crippen LogP contribution in [0.25, 0.3) is 5.65 Å². The molecule has 13 heavy (non-hydrogen) atoms. The van der Waals surface area contributed by atoms with Gasteiger partial charge in [-0.15, -0.1) is 0 Å². The van der Waals surface area contributed by atoms with E-state index in [0.717, 1.165) is 10.1 Å². The predicted molar refractivity (Wildman–Crippen MR) is 52.7 cm³/mol. The molecule has 0 saturated heterocycles. The molecular weight excluding hydrogens is 230 g/mol. The fourth-order valence-corrected chi connectivity index (χ4v) is 2.18. The van der Waals surface area contributed by atoms with E-state index in [-0.39, 0.29) is 0 Å². The van der Waals surface area contributed by atoms with E-state index in [1.165, 1.54) is 18.5 Å². The first-order valence-electron chi connectivity index (χ1n) is 4.35. The van der Waals surface area contributed by atoms with Crippen LogP contribution in [-0.2, 0) is 0 Å². The Morgan fingerprint density at radius 2 is 2.31 bits per heavy atom. The molecule has 1 fully saturated rings. The highest BCUT2D eigenvalue weighted by atomic mass is 79.9. The van der Waals surface area contributed by atoms with Gasteiger partial charge in [-0.25, -0.2) is 9.50 Å². The van der Waals surface area contributed by atoms with Crippen molar-refractivity contribution in [1.29, 1.82) is 0 Å². The number of halogens is 1. The molecule has 0 N–H and O–H groups in total. The number of hydrogen-bond acceptors (Lipinski definition) is 2. The molecule has 0 aliphatic heterocycles. The summed E-state index contributed by atoms with van der Waals surface area (Å²) < 4.78 is 2.90. The van der Waals surface area contributed by atoms with Crippen molar-refractivity contribution in [2.45, 2.75) is 18.8 Å². The molecule has 66 valence electrons. The van der Waals surface area contributed by atoms with Gasteiger partial charge in [-0.3, -0.25) is 0 Å². The third-order valence-electron chi connectivity index (χ3n) is 2.33. The second-order valence-electron chi connectivity index (χ2n) is 3.36. The summed E-state index contributed by atoms with van der Waals surface area (Å²) in [6, 6.07) is 1.89. The van der Waals surface area contributed by atoms with E-state index in [1.54, 1.807) is 6.20 Å². The Morgan fingerprint density at radius 1 is 1.46 bits per heavy atom. The normalized spacial score (nSPS) is 16.7. The highest BCUT2D eigenvalue weighted by molar-refractivity contribution is 9.10. The van der Waals surface area contributed by atoms with Gasteiger partial charge in [-0.1, -0.05) is 0 Å². The van der Waals surface area contributed by atoms with Crippen LogP contribution in [0, 0.1) is 0 Å². The molecule has 3 rings (SSSR count). The summed E-state index contributed by atoms with van der Waals surface area (Å²) in [5.41, 5.74) is 2.09. The maximum absolute atomic E-state index is 4.48. The van der Waals surface area contributed by atoms with Crippen LogP contribution in [0.2, 0.25) is 0 Å². The van der Waals surface area contributed by atoms with Gasteiger partial charge < -0.3 is 0 Å². The predicted octanol–water partition coefficient (Wildman–Crippen LogP) is 2.37. The Labute approximate surface area is 83.9 Å². The van der Waals surface area contributed by atoms with Crippen LogP contribution >= 0.6 is 15.9 Å². The zero-order valence-corrected chi connectivity index (χ0v) is 8.53. The molecule has 4 heteroatoms. The third-order valence-corrected chi connectivity index (χ3v) is 3.09. The van der Waals surface area contributed by atoms with E-state index in [9.17, 15) is 0 Å². The second-order valence-corrected chi connectivity index (χ2v) is 4.15. The van der Waals surface area contributed by atoms with Crippen molar-refractivity contribution in [1.82, 2.24) is 14.6 Å². The lowest BCUT2D eigenvalue weighted by Gasteiger charge is -1.88. The van der Waals surface area contributed by atoms with Crippen molar-refractivity contribution < 1.29 is 0 Å². The molecular formula is C9H8BrN3. The van der Waals surface area contributed by atoms with Crippen LogP contribution in [0.3, 0.4) is 0 Å². The summed E-state index contributed by atoms with van der Waals surface area (Å²) in [4.78, 5) is 4.27. The molecule has 3 nitrogen and oxygen atoms in total. The lowest BCUT2D eigenvalue weighted by Crippen LogP contribution is -1.87.